The Kier molecular flexibility index (Phi) is 6.50. The Morgan fingerprint density at radius 3 is 2.23 bits per heavy atom. The average molecular weight is 477 g/mol. The zero-order valence-electron chi connectivity index (χ0n) is 20.0. The van der Waals surface area contributed by atoms with Gasteiger partial charge in [-0.3, -0.25) is 9.59 Å². The fourth-order valence-corrected chi connectivity index (χ4v) is 5.82. The number of nitrogens with zero attached hydrogens (tertiary/aromatic N) is 1. The van der Waals surface area contributed by atoms with Gasteiger partial charge in [-0.1, -0.05) is 61.9 Å². The number of hydrogen-bond donors (Lipinski definition) is 2. The van der Waals surface area contributed by atoms with Gasteiger partial charge in [0.05, 0.1) is 6.42 Å². The van der Waals surface area contributed by atoms with Gasteiger partial charge in [0.15, 0.2) is 0 Å². The molecule has 2 aromatic rings. The Morgan fingerprint density at radius 2 is 1.66 bits per heavy atom. The molecule has 2 N–H and O–H groups in total. The first-order valence-electron chi connectivity index (χ1n) is 12.5. The molecule has 7 heteroatoms. The summed E-state index contributed by atoms with van der Waals surface area (Å²) in [6, 6.07) is 15.7. The fraction of sp³-hybridized carbons (Fsp3) is 0.464. The van der Waals surface area contributed by atoms with E-state index in [1.54, 1.807) is 4.90 Å². The third-order valence-corrected chi connectivity index (χ3v) is 8.02. The molecular formula is C28H32N2O5. The van der Waals surface area contributed by atoms with Gasteiger partial charge in [-0.15, -0.1) is 0 Å². The minimum absolute atomic E-state index is 0.0396. The highest BCUT2D eigenvalue weighted by molar-refractivity contribution is 5.86. The van der Waals surface area contributed by atoms with E-state index in [0.29, 0.717) is 13.1 Å². The second kappa shape index (κ2) is 9.72. The van der Waals surface area contributed by atoms with Crippen LogP contribution in [0, 0.1) is 17.8 Å². The molecule has 0 aromatic heterocycles. The van der Waals surface area contributed by atoms with Crippen LogP contribution in [-0.2, 0) is 14.3 Å². The van der Waals surface area contributed by atoms with Crippen LogP contribution in [-0.4, -0.2) is 53.7 Å². The number of benzene rings is 2. The van der Waals surface area contributed by atoms with E-state index in [4.69, 9.17) is 4.74 Å². The number of rotatable bonds is 7. The van der Waals surface area contributed by atoms with Crippen molar-refractivity contribution in [3.8, 4) is 11.1 Å². The number of carboxylic acids is 1. The minimum atomic E-state index is -0.844. The molecule has 0 bridgehead atoms. The quantitative estimate of drug-likeness (QED) is 0.622. The zero-order valence-corrected chi connectivity index (χ0v) is 20.0. The first-order chi connectivity index (χ1) is 16.9. The van der Waals surface area contributed by atoms with E-state index in [9.17, 15) is 19.5 Å². The van der Waals surface area contributed by atoms with Crippen LogP contribution in [0.2, 0.25) is 0 Å². The number of carbonyl (C=O) groups excluding carboxylic acids is 2. The topological polar surface area (TPSA) is 95.9 Å². The second-order valence-electron chi connectivity index (χ2n) is 10.2. The van der Waals surface area contributed by atoms with E-state index in [0.717, 1.165) is 30.4 Å². The number of likely N-dealkylation sites (tertiary alicyclic amines) is 1. The van der Waals surface area contributed by atoms with E-state index < -0.39 is 18.1 Å². The fourth-order valence-electron chi connectivity index (χ4n) is 5.82. The highest BCUT2D eigenvalue weighted by atomic mass is 16.5. The predicted octanol–water partition coefficient (Wildman–Crippen LogP) is 4.26. The van der Waals surface area contributed by atoms with Crippen LogP contribution in [0.4, 0.5) is 4.79 Å². The molecule has 1 saturated carbocycles. The van der Waals surface area contributed by atoms with Gasteiger partial charge in [-0.05, 0) is 52.8 Å². The molecular weight excluding hydrogens is 444 g/mol. The number of hydrogen-bond acceptors (Lipinski definition) is 4. The standard InChI is InChI=1S/C28H32N2O5/c1-17-14-30(15-19(17)13-25(31)32)27(33)26(18-7-6-8-18)29-28(34)35-16-24-22-11-4-2-9-20(22)21-10-3-5-12-23(21)24/h2-5,9-12,17-19,24,26H,6-8,13-16H2,1H3,(H,29,34)(H,31,32)/t17-,19-,26?/m1/s1. The van der Waals surface area contributed by atoms with Crippen LogP contribution in [0.15, 0.2) is 48.5 Å². The number of carboxylic acid groups (broad SMARTS) is 1. The summed E-state index contributed by atoms with van der Waals surface area (Å²) in [6.45, 7) is 3.12. The maximum atomic E-state index is 13.4. The Balaban J connectivity index is 1.24. The van der Waals surface area contributed by atoms with Gasteiger partial charge in [-0.25, -0.2) is 4.79 Å². The molecule has 3 atom stereocenters. The Morgan fingerprint density at radius 1 is 1.03 bits per heavy atom. The molecule has 1 aliphatic heterocycles. The maximum Gasteiger partial charge on any atom is 0.407 e. The molecule has 0 radical (unpaired) electrons. The monoisotopic (exact) mass is 476 g/mol. The third-order valence-electron chi connectivity index (χ3n) is 8.02. The van der Waals surface area contributed by atoms with Crippen molar-refractivity contribution in [3.05, 3.63) is 59.7 Å². The smallest absolute Gasteiger partial charge is 0.407 e. The number of nitrogens with one attached hydrogen (secondary N) is 1. The minimum Gasteiger partial charge on any atom is -0.481 e. The van der Waals surface area contributed by atoms with Crippen molar-refractivity contribution in [3.63, 3.8) is 0 Å². The molecule has 1 heterocycles. The molecule has 5 rings (SSSR count). The van der Waals surface area contributed by atoms with E-state index in [2.05, 4.69) is 29.6 Å². The Hall–Kier alpha value is -3.35. The van der Waals surface area contributed by atoms with Crippen molar-refractivity contribution in [2.45, 2.75) is 44.6 Å². The van der Waals surface area contributed by atoms with Crippen LogP contribution in [0.25, 0.3) is 11.1 Å². The molecule has 2 fully saturated rings. The lowest BCUT2D eigenvalue weighted by molar-refractivity contribution is -0.139. The molecule has 1 saturated heterocycles. The number of ether oxygens (including phenoxy) is 1. The van der Waals surface area contributed by atoms with Crippen LogP contribution in [0.5, 0.6) is 0 Å². The van der Waals surface area contributed by atoms with Gasteiger partial charge in [0.2, 0.25) is 5.91 Å². The number of amides is 2. The summed E-state index contributed by atoms with van der Waals surface area (Å²) in [5.41, 5.74) is 4.62. The maximum absolute atomic E-state index is 13.4. The van der Waals surface area contributed by atoms with Gasteiger partial charge >= 0.3 is 12.1 Å². The van der Waals surface area contributed by atoms with Crippen LogP contribution in [0.1, 0.15) is 49.7 Å². The first-order valence-corrected chi connectivity index (χ1v) is 12.5. The van der Waals surface area contributed by atoms with Crippen molar-refractivity contribution in [2.24, 2.45) is 17.8 Å². The van der Waals surface area contributed by atoms with Gasteiger partial charge in [-0.2, -0.15) is 0 Å². The lowest BCUT2D eigenvalue weighted by Gasteiger charge is -2.35. The van der Waals surface area contributed by atoms with Crippen LogP contribution in [0.3, 0.4) is 0 Å². The van der Waals surface area contributed by atoms with Crippen molar-refractivity contribution < 1.29 is 24.2 Å². The molecule has 7 nitrogen and oxygen atoms in total. The van der Waals surface area contributed by atoms with E-state index in [1.165, 1.54) is 11.1 Å². The van der Waals surface area contributed by atoms with Crippen molar-refractivity contribution in [1.82, 2.24) is 10.2 Å². The summed E-state index contributed by atoms with van der Waals surface area (Å²) >= 11 is 0. The molecule has 184 valence electrons. The summed E-state index contributed by atoms with van der Waals surface area (Å²) in [5, 5.41) is 12.0. The van der Waals surface area contributed by atoms with E-state index in [-0.39, 0.29) is 42.6 Å². The van der Waals surface area contributed by atoms with E-state index in [1.807, 2.05) is 31.2 Å². The first kappa shape index (κ1) is 23.4. The summed E-state index contributed by atoms with van der Waals surface area (Å²) in [6.07, 6.45) is 2.30. The molecule has 2 aliphatic carbocycles. The van der Waals surface area contributed by atoms with Gasteiger partial charge in [0.1, 0.15) is 12.6 Å². The zero-order chi connectivity index (χ0) is 24.5. The van der Waals surface area contributed by atoms with Crippen LogP contribution >= 0.6 is 0 Å². The lowest BCUT2D eigenvalue weighted by Crippen LogP contribution is -2.53. The molecule has 2 amide bonds. The second-order valence-corrected chi connectivity index (χ2v) is 10.2. The van der Waals surface area contributed by atoms with Gasteiger partial charge in [0, 0.05) is 19.0 Å². The number of alkyl carbamates (subject to hydrolysis) is 1. The molecule has 3 aliphatic rings. The highest BCUT2D eigenvalue weighted by Gasteiger charge is 2.41. The summed E-state index contributed by atoms with van der Waals surface area (Å²) < 4.78 is 5.70. The average Bonchev–Trinajstić information content (AvgIpc) is 3.33. The third kappa shape index (κ3) is 4.64. The number of aliphatic carboxylic acids is 1. The molecule has 2 aromatic carbocycles. The SMILES string of the molecule is C[C@@H]1CN(C(=O)C(NC(=O)OCC2c3ccccc3-c3ccccc32)C2CCC2)C[C@H]1CC(=O)O. The number of carbonyl (C=O) groups is 3. The van der Waals surface area contributed by atoms with Crippen molar-refractivity contribution in [2.75, 3.05) is 19.7 Å². The number of fused-ring (bicyclic) bond motifs is 3. The molecule has 0 spiro atoms. The lowest BCUT2D eigenvalue weighted by atomic mass is 9.79. The van der Waals surface area contributed by atoms with Crippen molar-refractivity contribution >= 4 is 18.0 Å². The molecule has 1 unspecified atom stereocenters. The summed E-state index contributed by atoms with van der Waals surface area (Å²) in [7, 11) is 0. The summed E-state index contributed by atoms with van der Waals surface area (Å²) in [5.74, 6) is -0.857. The van der Waals surface area contributed by atoms with E-state index >= 15 is 0 Å². The summed E-state index contributed by atoms with van der Waals surface area (Å²) in [4.78, 5) is 39.2. The largest absolute Gasteiger partial charge is 0.481 e. The van der Waals surface area contributed by atoms with Crippen molar-refractivity contribution in [1.29, 1.82) is 0 Å². The van der Waals surface area contributed by atoms with Crippen LogP contribution < -0.4 is 5.32 Å². The Labute approximate surface area is 205 Å². The van der Waals surface area contributed by atoms with Gasteiger partial charge in [0.25, 0.3) is 0 Å². The normalized spacial score (nSPS) is 22.1. The molecule has 35 heavy (non-hydrogen) atoms. The predicted molar refractivity (Wildman–Crippen MR) is 131 cm³/mol. The Bertz CT molecular complexity index is 1080. The highest BCUT2D eigenvalue weighted by Crippen LogP contribution is 2.44. The van der Waals surface area contributed by atoms with Gasteiger partial charge < -0.3 is 20.1 Å².